The average molecular weight is 229 g/mol. The molecule has 0 aromatic heterocycles. The van der Waals surface area contributed by atoms with Gasteiger partial charge in [0.1, 0.15) is 6.04 Å². The molecule has 7 nitrogen and oxygen atoms in total. The first-order valence-corrected chi connectivity index (χ1v) is 5.06. The lowest BCUT2D eigenvalue weighted by Gasteiger charge is -2.04. The number of hydrogen-bond acceptors (Lipinski definition) is 3. The fraction of sp³-hybridized carbons (Fsp3) is 0.778. The SMILES string of the molecule is [N-]=[N+]=NC(CCCCCCC(=O)O)C(=O)O. The molecule has 0 aromatic rings. The summed E-state index contributed by atoms with van der Waals surface area (Å²) in [6, 6.07) is -1.01. The Morgan fingerprint density at radius 2 is 1.81 bits per heavy atom. The highest BCUT2D eigenvalue weighted by Crippen LogP contribution is 2.10. The van der Waals surface area contributed by atoms with Gasteiger partial charge in [0.15, 0.2) is 0 Å². The molecule has 0 heterocycles. The Morgan fingerprint density at radius 3 is 2.31 bits per heavy atom. The summed E-state index contributed by atoms with van der Waals surface area (Å²) in [5.74, 6) is -1.94. The minimum atomic E-state index is -1.12. The van der Waals surface area contributed by atoms with Crippen molar-refractivity contribution in [2.75, 3.05) is 0 Å². The zero-order valence-electron chi connectivity index (χ0n) is 8.87. The van der Waals surface area contributed by atoms with Crippen LogP contribution in [-0.4, -0.2) is 28.2 Å². The molecule has 0 rings (SSSR count). The van der Waals surface area contributed by atoms with E-state index in [4.69, 9.17) is 15.7 Å². The first-order valence-electron chi connectivity index (χ1n) is 5.06. The van der Waals surface area contributed by atoms with Crippen molar-refractivity contribution in [3.05, 3.63) is 10.4 Å². The van der Waals surface area contributed by atoms with E-state index < -0.39 is 18.0 Å². The van der Waals surface area contributed by atoms with Crippen molar-refractivity contribution >= 4 is 11.9 Å². The molecule has 0 aromatic carbocycles. The monoisotopic (exact) mass is 229 g/mol. The van der Waals surface area contributed by atoms with Crippen LogP contribution in [0.15, 0.2) is 5.11 Å². The van der Waals surface area contributed by atoms with Gasteiger partial charge in [0, 0.05) is 11.3 Å². The van der Waals surface area contributed by atoms with Crippen LogP contribution in [0.1, 0.15) is 38.5 Å². The van der Waals surface area contributed by atoms with Gasteiger partial charge in [-0.1, -0.05) is 24.4 Å². The van der Waals surface area contributed by atoms with Crippen LogP contribution in [0.5, 0.6) is 0 Å². The van der Waals surface area contributed by atoms with Crippen LogP contribution in [0, 0.1) is 0 Å². The summed E-state index contributed by atoms with van der Waals surface area (Å²) < 4.78 is 0. The summed E-state index contributed by atoms with van der Waals surface area (Å²) in [5.41, 5.74) is 8.12. The summed E-state index contributed by atoms with van der Waals surface area (Å²) in [6.45, 7) is 0. The maximum absolute atomic E-state index is 10.6. The third kappa shape index (κ3) is 7.64. The second kappa shape index (κ2) is 8.55. The number of carboxylic acids is 2. The lowest BCUT2D eigenvalue weighted by molar-refractivity contribution is -0.139. The molecule has 0 radical (unpaired) electrons. The molecule has 7 heteroatoms. The molecule has 0 bridgehead atoms. The van der Waals surface area contributed by atoms with Crippen molar-refractivity contribution in [1.29, 1.82) is 0 Å². The molecule has 0 aliphatic carbocycles. The van der Waals surface area contributed by atoms with Crippen LogP contribution in [0.4, 0.5) is 0 Å². The fourth-order valence-electron chi connectivity index (χ4n) is 1.26. The van der Waals surface area contributed by atoms with Crippen LogP contribution in [-0.2, 0) is 9.59 Å². The maximum atomic E-state index is 10.6. The highest BCUT2D eigenvalue weighted by Gasteiger charge is 2.14. The Labute approximate surface area is 92.7 Å². The zero-order chi connectivity index (χ0) is 12.4. The summed E-state index contributed by atoms with van der Waals surface area (Å²) in [5, 5.41) is 20.2. The van der Waals surface area contributed by atoms with Crippen LogP contribution < -0.4 is 0 Å². The molecule has 0 fully saturated rings. The van der Waals surface area contributed by atoms with E-state index in [1.807, 2.05) is 0 Å². The number of aliphatic carboxylic acids is 2. The summed E-state index contributed by atoms with van der Waals surface area (Å²) in [7, 11) is 0. The normalized spacial score (nSPS) is 11.5. The maximum Gasteiger partial charge on any atom is 0.312 e. The Balaban J connectivity index is 3.59. The Kier molecular flexibility index (Phi) is 7.61. The van der Waals surface area contributed by atoms with Crippen molar-refractivity contribution in [3.8, 4) is 0 Å². The highest BCUT2D eigenvalue weighted by atomic mass is 16.4. The Hall–Kier alpha value is -1.75. The second-order valence-electron chi connectivity index (χ2n) is 3.41. The predicted octanol–water partition coefficient (Wildman–Crippen LogP) is 2.18. The second-order valence-corrected chi connectivity index (χ2v) is 3.41. The van der Waals surface area contributed by atoms with Crippen molar-refractivity contribution in [2.24, 2.45) is 5.11 Å². The molecule has 0 aliphatic heterocycles. The molecular formula is C9H15N3O4. The van der Waals surface area contributed by atoms with Gasteiger partial charge in [-0.3, -0.25) is 9.59 Å². The quantitative estimate of drug-likeness (QED) is 0.272. The molecule has 2 N–H and O–H groups in total. The largest absolute Gasteiger partial charge is 0.481 e. The molecular weight excluding hydrogens is 214 g/mol. The molecule has 90 valence electrons. The number of carboxylic acid groups (broad SMARTS) is 2. The van der Waals surface area contributed by atoms with Gasteiger partial charge in [-0.05, 0) is 18.4 Å². The van der Waals surface area contributed by atoms with Crippen LogP contribution >= 0.6 is 0 Å². The van der Waals surface area contributed by atoms with Gasteiger partial charge >= 0.3 is 11.9 Å². The van der Waals surface area contributed by atoms with Crippen molar-refractivity contribution in [3.63, 3.8) is 0 Å². The number of unbranched alkanes of at least 4 members (excludes halogenated alkanes) is 3. The number of azide groups is 1. The minimum Gasteiger partial charge on any atom is -0.481 e. The van der Waals surface area contributed by atoms with E-state index in [-0.39, 0.29) is 6.42 Å². The topological polar surface area (TPSA) is 123 Å². The van der Waals surface area contributed by atoms with E-state index in [2.05, 4.69) is 10.0 Å². The first kappa shape index (κ1) is 14.2. The molecule has 0 saturated carbocycles. The smallest absolute Gasteiger partial charge is 0.312 e. The summed E-state index contributed by atoms with van der Waals surface area (Å²) in [6.07, 6.45) is 3.14. The Morgan fingerprint density at radius 1 is 1.19 bits per heavy atom. The fourth-order valence-corrected chi connectivity index (χ4v) is 1.26. The summed E-state index contributed by atoms with van der Waals surface area (Å²) >= 11 is 0. The van der Waals surface area contributed by atoms with Gasteiger partial charge in [-0.25, -0.2) is 0 Å². The third-order valence-electron chi connectivity index (χ3n) is 2.09. The van der Waals surface area contributed by atoms with Gasteiger partial charge in [0.2, 0.25) is 0 Å². The number of nitrogens with zero attached hydrogens (tertiary/aromatic N) is 3. The Bertz CT molecular complexity index is 284. The highest BCUT2D eigenvalue weighted by molar-refractivity contribution is 5.73. The molecule has 16 heavy (non-hydrogen) atoms. The van der Waals surface area contributed by atoms with Crippen molar-refractivity contribution in [1.82, 2.24) is 0 Å². The molecule has 0 spiro atoms. The number of carbonyl (C=O) groups is 2. The van der Waals surface area contributed by atoms with Crippen LogP contribution in [0.3, 0.4) is 0 Å². The van der Waals surface area contributed by atoms with Crippen molar-refractivity contribution in [2.45, 2.75) is 44.6 Å². The summed E-state index contributed by atoms with van der Waals surface area (Å²) in [4.78, 5) is 23.2. The molecule has 1 atom stereocenters. The third-order valence-corrected chi connectivity index (χ3v) is 2.09. The van der Waals surface area contributed by atoms with E-state index in [0.29, 0.717) is 19.3 Å². The number of rotatable bonds is 9. The average Bonchev–Trinajstić information content (AvgIpc) is 2.20. The van der Waals surface area contributed by atoms with E-state index in [1.54, 1.807) is 0 Å². The van der Waals surface area contributed by atoms with E-state index >= 15 is 0 Å². The van der Waals surface area contributed by atoms with E-state index in [1.165, 1.54) is 0 Å². The molecule has 0 aliphatic rings. The van der Waals surface area contributed by atoms with Crippen molar-refractivity contribution < 1.29 is 19.8 Å². The van der Waals surface area contributed by atoms with Gasteiger partial charge in [0.05, 0.1) is 0 Å². The van der Waals surface area contributed by atoms with Gasteiger partial charge in [0.25, 0.3) is 0 Å². The predicted molar refractivity (Wildman–Crippen MR) is 55.9 cm³/mol. The molecule has 1 unspecified atom stereocenters. The van der Waals surface area contributed by atoms with Gasteiger partial charge in [-0.15, -0.1) is 0 Å². The standard InChI is InChI=1S/C9H15N3O4/c10-12-11-7(9(15)16)5-3-1-2-4-6-8(13)14/h7H,1-6H2,(H,13,14)(H,15,16). The van der Waals surface area contributed by atoms with Crippen LogP contribution in [0.25, 0.3) is 10.4 Å². The van der Waals surface area contributed by atoms with E-state index in [9.17, 15) is 9.59 Å². The van der Waals surface area contributed by atoms with Crippen LogP contribution in [0.2, 0.25) is 0 Å². The zero-order valence-corrected chi connectivity index (χ0v) is 8.87. The van der Waals surface area contributed by atoms with Gasteiger partial charge in [-0.2, -0.15) is 0 Å². The van der Waals surface area contributed by atoms with E-state index in [0.717, 1.165) is 12.8 Å². The van der Waals surface area contributed by atoms with Gasteiger partial charge < -0.3 is 10.2 Å². The molecule has 0 amide bonds. The lowest BCUT2D eigenvalue weighted by Crippen LogP contribution is -2.16. The molecule has 0 saturated heterocycles. The first-order chi connectivity index (χ1) is 7.57. The number of hydrogen-bond donors (Lipinski definition) is 2. The minimum absolute atomic E-state index is 0.138. The lowest BCUT2D eigenvalue weighted by atomic mass is 10.1.